The van der Waals surface area contributed by atoms with Gasteiger partial charge in [-0.3, -0.25) is 0 Å². The number of hydrogen-bond donors (Lipinski definition) is 0. The van der Waals surface area contributed by atoms with Gasteiger partial charge in [0.1, 0.15) is 7.05 Å². The lowest BCUT2D eigenvalue weighted by molar-refractivity contribution is -0.660. The van der Waals surface area contributed by atoms with Gasteiger partial charge in [-0.15, -0.1) is 0 Å². The molecule has 1 aliphatic carbocycles. The van der Waals surface area contributed by atoms with E-state index in [1.54, 1.807) is 0 Å². The van der Waals surface area contributed by atoms with Crippen LogP contribution in [-0.4, -0.2) is 0 Å². The van der Waals surface area contributed by atoms with Crippen LogP contribution < -0.4 is 4.57 Å². The minimum Gasteiger partial charge on any atom is -0.201 e. The van der Waals surface area contributed by atoms with E-state index in [1.165, 1.54) is 49.8 Å². The van der Waals surface area contributed by atoms with Gasteiger partial charge in [0.05, 0.1) is 0 Å². The number of aromatic nitrogens is 1. The standard InChI is InChI=1S/C26H22N/c1-18-12-13-20(17-24(18)25-11-3-4-14-27(25)2)23-15-21-9-5-7-19-8-6-10-22(16-23)26(19)21/h3-9,11-17H,10H2,1-2H3/q+1. The topological polar surface area (TPSA) is 3.88 Å². The highest BCUT2D eigenvalue weighted by atomic mass is 14.9. The lowest BCUT2D eigenvalue weighted by Crippen LogP contribution is -2.30. The maximum absolute atomic E-state index is 2.37. The summed E-state index contributed by atoms with van der Waals surface area (Å²) in [5.41, 5.74) is 9.16. The third-order valence-corrected chi connectivity index (χ3v) is 5.63. The van der Waals surface area contributed by atoms with Gasteiger partial charge in [-0.1, -0.05) is 48.6 Å². The molecule has 130 valence electrons. The van der Waals surface area contributed by atoms with Gasteiger partial charge >= 0.3 is 0 Å². The zero-order valence-electron chi connectivity index (χ0n) is 15.7. The molecule has 0 spiro atoms. The van der Waals surface area contributed by atoms with Crippen LogP contribution in [0.25, 0.3) is 39.2 Å². The molecule has 0 saturated carbocycles. The van der Waals surface area contributed by atoms with Gasteiger partial charge in [-0.2, -0.15) is 0 Å². The van der Waals surface area contributed by atoms with Crippen molar-refractivity contribution in [3.05, 3.63) is 95.7 Å². The highest BCUT2D eigenvalue weighted by Gasteiger charge is 2.15. The number of rotatable bonds is 2. The van der Waals surface area contributed by atoms with Crippen molar-refractivity contribution >= 4 is 16.8 Å². The fourth-order valence-corrected chi connectivity index (χ4v) is 4.21. The van der Waals surface area contributed by atoms with Crippen LogP contribution in [-0.2, 0) is 13.5 Å². The van der Waals surface area contributed by atoms with E-state index in [9.17, 15) is 0 Å². The highest BCUT2D eigenvalue weighted by molar-refractivity contribution is 5.98. The van der Waals surface area contributed by atoms with Gasteiger partial charge in [0.2, 0.25) is 5.69 Å². The number of aryl methyl sites for hydroxylation is 2. The fourth-order valence-electron chi connectivity index (χ4n) is 4.21. The average molecular weight is 348 g/mol. The molecule has 0 amide bonds. The summed E-state index contributed by atoms with van der Waals surface area (Å²) < 4.78 is 2.19. The predicted molar refractivity (Wildman–Crippen MR) is 113 cm³/mol. The van der Waals surface area contributed by atoms with E-state index < -0.39 is 0 Å². The molecule has 0 unspecified atom stereocenters. The Hall–Kier alpha value is -3.19. The quantitative estimate of drug-likeness (QED) is 0.399. The van der Waals surface area contributed by atoms with E-state index in [0.717, 1.165) is 6.42 Å². The highest BCUT2D eigenvalue weighted by Crippen LogP contribution is 2.35. The van der Waals surface area contributed by atoms with Crippen LogP contribution in [0.2, 0.25) is 0 Å². The molecule has 1 heteroatoms. The Kier molecular flexibility index (Phi) is 3.68. The van der Waals surface area contributed by atoms with E-state index >= 15 is 0 Å². The maximum Gasteiger partial charge on any atom is 0.212 e. The van der Waals surface area contributed by atoms with E-state index in [-0.39, 0.29) is 0 Å². The van der Waals surface area contributed by atoms with E-state index in [2.05, 4.69) is 104 Å². The number of benzene rings is 3. The molecule has 3 aromatic carbocycles. The first-order valence-corrected chi connectivity index (χ1v) is 9.49. The van der Waals surface area contributed by atoms with Gasteiger partial charge < -0.3 is 0 Å². The van der Waals surface area contributed by atoms with Gasteiger partial charge in [0.15, 0.2) is 6.20 Å². The molecule has 27 heavy (non-hydrogen) atoms. The summed E-state index contributed by atoms with van der Waals surface area (Å²) >= 11 is 0. The zero-order chi connectivity index (χ0) is 18.4. The van der Waals surface area contributed by atoms with Crippen molar-refractivity contribution in [2.75, 3.05) is 0 Å². The molecule has 0 saturated heterocycles. The first kappa shape index (κ1) is 16.0. The van der Waals surface area contributed by atoms with Crippen LogP contribution in [0, 0.1) is 6.92 Å². The minimum atomic E-state index is 1.01. The Morgan fingerprint density at radius 1 is 0.852 bits per heavy atom. The Balaban J connectivity index is 1.71. The molecule has 5 rings (SSSR count). The Morgan fingerprint density at radius 3 is 2.67 bits per heavy atom. The Bertz CT molecular complexity index is 1210. The molecule has 0 aliphatic heterocycles. The minimum absolute atomic E-state index is 1.01. The number of nitrogens with zero attached hydrogens (tertiary/aromatic N) is 1. The molecule has 0 radical (unpaired) electrons. The normalized spacial score (nSPS) is 12.5. The first-order chi connectivity index (χ1) is 13.2. The largest absolute Gasteiger partial charge is 0.212 e. The summed E-state index contributed by atoms with van der Waals surface area (Å²) in [6.45, 7) is 2.19. The molecule has 1 heterocycles. The van der Waals surface area contributed by atoms with Crippen molar-refractivity contribution in [3.8, 4) is 22.4 Å². The fraction of sp³-hybridized carbons (Fsp3) is 0.115. The maximum atomic E-state index is 2.37. The van der Waals surface area contributed by atoms with Gasteiger partial charge in [-0.25, -0.2) is 4.57 Å². The monoisotopic (exact) mass is 348 g/mol. The lowest BCUT2D eigenvalue weighted by atomic mass is 9.89. The van der Waals surface area contributed by atoms with Crippen molar-refractivity contribution in [1.29, 1.82) is 0 Å². The van der Waals surface area contributed by atoms with Crippen molar-refractivity contribution in [1.82, 2.24) is 0 Å². The summed E-state index contributed by atoms with van der Waals surface area (Å²) in [6.07, 6.45) is 7.63. The number of hydrogen-bond acceptors (Lipinski definition) is 0. The zero-order valence-corrected chi connectivity index (χ0v) is 15.7. The van der Waals surface area contributed by atoms with E-state index in [0.29, 0.717) is 0 Å². The Labute approximate surface area is 160 Å². The summed E-state index contributed by atoms with van der Waals surface area (Å²) in [5, 5.41) is 2.74. The smallest absolute Gasteiger partial charge is 0.201 e. The third-order valence-electron chi connectivity index (χ3n) is 5.63. The van der Waals surface area contributed by atoms with Crippen LogP contribution in [0.4, 0.5) is 0 Å². The molecule has 4 aromatic rings. The second-order valence-electron chi connectivity index (χ2n) is 7.41. The summed E-state index contributed by atoms with van der Waals surface area (Å²) in [7, 11) is 2.11. The molecule has 1 aromatic heterocycles. The second-order valence-corrected chi connectivity index (χ2v) is 7.41. The van der Waals surface area contributed by atoms with Gasteiger partial charge in [0, 0.05) is 17.7 Å². The van der Waals surface area contributed by atoms with E-state index in [4.69, 9.17) is 0 Å². The second kappa shape index (κ2) is 6.21. The molecule has 0 fully saturated rings. The summed E-state index contributed by atoms with van der Waals surface area (Å²) in [6, 6.07) is 24.5. The number of pyridine rings is 1. The predicted octanol–water partition coefficient (Wildman–Crippen LogP) is 5.88. The molecular formula is C26H22N+. The molecule has 0 bridgehead atoms. The molecule has 0 N–H and O–H groups in total. The molecular weight excluding hydrogens is 326 g/mol. The van der Waals surface area contributed by atoms with Crippen LogP contribution in [0.15, 0.2) is 79.0 Å². The van der Waals surface area contributed by atoms with Crippen molar-refractivity contribution < 1.29 is 4.57 Å². The average Bonchev–Trinajstić information content (AvgIpc) is 2.69. The SMILES string of the molecule is Cc1ccc(-c2cc3c4c(cccc4c2)C=CC3)cc1-c1cccc[n+]1C. The van der Waals surface area contributed by atoms with Gasteiger partial charge in [-0.05, 0) is 70.1 Å². The van der Waals surface area contributed by atoms with Crippen LogP contribution in [0.5, 0.6) is 0 Å². The van der Waals surface area contributed by atoms with Crippen molar-refractivity contribution in [2.45, 2.75) is 13.3 Å². The van der Waals surface area contributed by atoms with Crippen LogP contribution >= 0.6 is 0 Å². The Morgan fingerprint density at radius 2 is 1.78 bits per heavy atom. The van der Waals surface area contributed by atoms with Crippen molar-refractivity contribution in [3.63, 3.8) is 0 Å². The van der Waals surface area contributed by atoms with Crippen LogP contribution in [0.3, 0.4) is 0 Å². The van der Waals surface area contributed by atoms with Gasteiger partial charge in [0.25, 0.3) is 0 Å². The van der Waals surface area contributed by atoms with Crippen molar-refractivity contribution in [2.24, 2.45) is 7.05 Å². The molecule has 1 nitrogen and oxygen atoms in total. The third kappa shape index (κ3) is 2.67. The summed E-state index contributed by atoms with van der Waals surface area (Å²) in [5.74, 6) is 0. The lowest BCUT2D eigenvalue weighted by Gasteiger charge is -2.15. The van der Waals surface area contributed by atoms with Crippen LogP contribution in [0.1, 0.15) is 16.7 Å². The van der Waals surface area contributed by atoms with E-state index in [1.807, 2.05) is 0 Å². The molecule has 0 atom stereocenters. The number of allylic oxidation sites excluding steroid dienone is 1. The molecule has 1 aliphatic rings. The summed E-state index contributed by atoms with van der Waals surface area (Å²) in [4.78, 5) is 0. The first-order valence-electron chi connectivity index (χ1n) is 9.49.